The van der Waals surface area contributed by atoms with Gasteiger partial charge in [-0.05, 0) is 31.9 Å². The van der Waals surface area contributed by atoms with Crippen LogP contribution < -0.4 is 4.90 Å². The van der Waals surface area contributed by atoms with Gasteiger partial charge >= 0.3 is 0 Å². The molecule has 8 heteroatoms. The molecule has 0 aliphatic carbocycles. The Morgan fingerprint density at radius 3 is 2.93 bits per heavy atom. The van der Waals surface area contributed by atoms with Gasteiger partial charge in [0.15, 0.2) is 17.3 Å². The fourth-order valence-corrected chi connectivity index (χ4v) is 4.45. The summed E-state index contributed by atoms with van der Waals surface area (Å²) >= 11 is 0. The molecular formula is C21H21N7O. The molecule has 5 rings (SSSR count). The van der Waals surface area contributed by atoms with E-state index >= 15 is 0 Å². The molecule has 1 unspecified atom stereocenters. The smallest absolute Gasteiger partial charge is 0.185 e. The van der Waals surface area contributed by atoms with Gasteiger partial charge in [-0.15, -0.1) is 0 Å². The molecule has 0 N–H and O–H groups in total. The molecule has 29 heavy (non-hydrogen) atoms. The van der Waals surface area contributed by atoms with Crippen molar-refractivity contribution in [1.82, 2.24) is 25.0 Å². The zero-order valence-corrected chi connectivity index (χ0v) is 16.2. The number of anilines is 1. The van der Waals surface area contributed by atoms with Crippen LogP contribution in [0.4, 0.5) is 5.82 Å². The summed E-state index contributed by atoms with van der Waals surface area (Å²) in [6, 6.07) is 10.7. The highest BCUT2D eigenvalue weighted by molar-refractivity contribution is 5.53. The molecule has 0 saturated carbocycles. The van der Waals surface area contributed by atoms with E-state index in [1.807, 2.05) is 31.2 Å². The van der Waals surface area contributed by atoms with Crippen molar-refractivity contribution < 1.29 is 4.52 Å². The van der Waals surface area contributed by atoms with Gasteiger partial charge in [0.2, 0.25) is 0 Å². The Hall–Kier alpha value is -3.31. The first kappa shape index (κ1) is 17.8. The van der Waals surface area contributed by atoms with Gasteiger partial charge in [-0.3, -0.25) is 4.90 Å². The zero-order chi connectivity index (χ0) is 19.8. The number of nitriles is 1. The number of rotatable bonds is 3. The molecule has 2 saturated heterocycles. The lowest BCUT2D eigenvalue weighted by Crippen LogP contribution is -2.51. The first-order chi connectivity index (χ1) is 14.2. The average Bonchev–Trinajstić information content (AvgIpc) is 3.40. The molecule has 0 bridgehead atoms. The van der Waals surface area contributed by atoms with Crippen LogP contribution in [0.1, 0.15) is 36.0 Å². The standard InChI is InChI=1S/C21H21N7O/c1-14-3-2-4-16(25-14)20-11-17(26-29-20)19-6-5-15-13-27(9-10-28(15)19)21-18(12-22)23-7-8-24-21/h2-4,7-8,11,15,19H,5-6,9-10,13H2,1H3/t15?,19-/m1/s1. The summed E-state index contributed by atoms with van der Waals surface area (Å²) in [5.74, 6) is 1.40. The maximum atomic E-state index is 9.33. The number of aromatic nitrogens is 4. The topological polar surface area (TPSA) is 95.0 Å². The minimum Gasteiger partial charge on any atom is -0.354 e. The van der Waals surface area contributed by atoms with Crippen LogP contribution in [0.15, 0.2) is 41.2 Å². The molecule has 3 aromatic heterocycles. The second-order valence-electron chi connectivity index (χ2n) is 7.55. The second-order valence-corrected chi connectivity index (χ2v) is 7.55. The van der Waals surface area contributed by atoms with Crippen molar-refractivity contribution in [3.63, 3.8) is 0 Å². The van der Waals surface area contributed by atoms with Crippen molar-refractivity contribution >= 4 is 5.82 Å². The SMILES string of the molecule is Cc1cccc(-c2cc([C@H]3CCC4CN(c5nccnc5C#N)CCN43)no2)n1. The molecule has 146 valence electrons. The lowest BCUT2D eigenvalue weighted by Gasteiger charge is -2.40. The van der Waals surface area contributed by atoms with E-state index in [2.05, 4.69) is 36.0 Å². The van der Waals surface area contributed by atoms with E-state index in [4.69, 9.17) is 4.52 Å². The summed E-state index contributed by atoms with van der Waals surface area (Å²) < 4.78 is 5.61. The molecule has 2 atom stereocenters. The Bertz CT molecular complexity index is 1070. The Labute approximate surface area is 168 Å². The molecule has 0 radical (unpaired) electrons. The third-order valence-electron chi connectivity index (χ3n) is 5.80. The van der Waals surface area contributed by atoms with Gasteiger partial charge in [-0.1, -0.05) is 11.2 Å². The van der Waals surface area contributed by atoms with E-state index in [0.717, 1.165) is 49.6 Å². The van der Waals surface area contributed by atoms with Crippen LogP contribution in [-0.4, -0.2) is 50.7 Å². The van der Waals surface area contributed by atoms with E-state index in [1.165, 1.54) is 0 Å². The predicted octanol–water partition coefficient (Wildman–Crippen LogP) is 2.73. The summed E-state index contributed by atoms with van der Waals surface area (Å²) in [7, 11) is 0. The minimum absolute atomic E-state index is 0.252. The first-order valence-electron chi connectivity index (χ1n) is 9.85. The Kier molecular flexibility index (Phi) is 4.45. The zero-order valence-electron chi connectivity index (χ0n) is 16.2. The number of nitrogens with zero attached hydrogens (tertiary/aromatic N) is 7. The van der Waals surface area contributed by atoms with E-state index in [-0.39, 0.29) is 6.04 Å². The normalized spacial score (nSPS) is 21.7. The average molecular weight is 387 g/mol. The highest BCUT2D eigenvalue weighted by Crippen LogP contribution is 2.39. The monoisotopic (exact) mass is 387 g/mol. The lowest BCUT2D eigenvalue weighted by molar-refractivity contribution is 0.170. The number of hydrogen-bond donors (Lipinski definition) is 0. The van der Waals surface area contributed by atoms with Crippen LogP contribution in [-0.2, 0) is 0 Å². The van der Waals surface area contributed by atoms with Gasteiger partial charge < -0.3 is 9.42 Å². The van der Waals surface area contributed by atoms with Crippen LogP contribution in [0.3, 0.4) is 0 Å². The number of pyridine rings is 1. The van der Waals surface area contributed by atoms with Crippen molar-refractivity contribution in [3.8, 4) is 17.5 Å². The molecule has 2 aliphatic heterocycles. The number of aryl methyl sites for hydroxylation is 1. The quantitative estimate of drug-likeness (QED) is 0.677. The largest absolute Gasteiger partial charge is 0.354 e. The molecule has 2 aliphatic rings. The highest BCUT2D eigenvalue weighted by atomic mass is 16.5. The minimum atomic E-state index is 0.252. The maximum absolute atomic E-state index is 9.33. The second kappa shape index (κ2) is 7.26. The molecule has 5 heterocycles. The van der Waals surface area contributed by atoms with Gasteiger partial charge in [-0.25, -0.2) is 15.0 Å². The molecular weight excluding hydrogens is 366 g/mol. The highest BCUT2D eigenvalue weighted by Gasteiger charge is 2.40. The van der Waals surface area contributed by atoms with Crippen LogP contribution in [0.5, 0.6) is 0 Å². The van der Waals surface area contributed by atoms with Crippen LogP contribution in [0.25, 0.3) is 11.5 Å². The van der Waals surface area contributed by atoms with Crippen molar-refractivity contribution in [2.24, 2.45) is 0 Å². The molecule has 8 nitrogen and oxygen atoms in total. The molecule has 2 fully saturated rings. The summed E-state index contributed by atoms with van der Waals surface area (Å²) in [4.78, 5) is 17.8. The van der Waals surface area contributed by atoms with Gasteiger partial charge in [0.25, 0.3) is 0 Å². The fourth-order valence-electron chi connectivity index (χ4n) is 4.45. The summed E-state index contributed by atoms with van der Waals surface area (Å²) in [6.45, 7) is 4.51. The molecule has 0 spiro atoms. The van der Waals surface area contributed by atoms with Crippen LogP contribution >= 0.6 is 0 Å². The fraction of sp³-hybridized carbons (Fsp3) is 0.381. The Morgan fingerprint density at radius 1 is 1.17 bits per heavy atom. The van der Waals surface area contributed by atoms with E-state index < -0.39 is 0 Å². The van der Waals surface area contributed by atoms with E-state index in [0.29, 0.717) is 23.3 Å². The predicted molar refractivity (Wildman–Crippen MR) is 106 cm³/mol. The Morgan fingerprint density at radius 2 is 2.07 bits per heavy atom. The van der Waals surface area contributed by atoms with Crippen molar-refractivity contribution in [3.05, 3.63) is 53.7 Å². The van der Waals surface area contributed by atoms with Gasteiger partial charge in [0.05, 0.1) is 6.04 Å². The number of piperazine rings is 1. The van der Waals surface area contributed by atoms with Crippen LogP contribution in [0, 0.1) is 18.3 Å². The number of fused-ring (bicyclic) bond motifs is 1. The molecule has 0 amide bonds. The first-order valence-corrected chi connectivity index (χ1v) is 9.85. The van der Waals surface area contributed by atoms with E-state index in [1.54, 1.807) is 12.4 Å². The van der Waals surface area contributed by atoms with Gasteiger partial charge in [0.1, 0.15) is 17.5 Å². The lowest BCUT2D eigenvalue weighted by atomic mass is 10.1. The third kappa shape index (κ3) is 3.23. The van der Waals surface area contributed by atoms with Crippen molar-refractivity contribution in [2.45, 2.75) is 31.8 Å². The van der Waals surface area contributed by atoms with Crippen molar-refractivity contribution in [2.75, 3.05) is 24.5 Å². The van der Waals surface area contributed by atoms with Gasteiger partial charge in [-0.2, -0.15) is 5.26 Å². The summed E-state index contributed by atoms with van der Waals surface area (Å²) in [5, 5.41) is 13.7. The van der Waals surface area contributed by atoms with Crippen LogP contribution in [0.2, 0.25) is 0 Å². The van der Waals surface area contributed by atoms with Crippen molar-refractivity contribution in [1.29, 1.82) is 5.26 Å². The molecule has 0 aromatic carbocycles. The molecule has 3 aromatic rings. The Balaban J connectivity index is 1.33. The number of hydrogen-bond acceptors (Lipinski definition) is 8. The summed E-state index contributed by atoms with van der Waals surface area (Å²) in [5.41, 5.74) is 3.13. The summed E-state index contributed by atoms with van der Waals surface area (Å²) in [6.07, 6.45) is 5.33. The third-order valence-corrected chi connectivity index (χ3v) is 5.80. The van der Waals surface area contributed by atoms with Gasteiger partial charge in [0, 0.05) is 49.8 Å². The van der Waals surface area contributed by atoms with E-state index in [9.17, 15) is 5.26 Å². The maximum Gasteiger partial charge on any atom is 0.185 e.